The molecule has 1 heterocycles. The maximum absolute atomic E-state index is 10.8. The summed E-state index contributed by atoms with van der Waals surface area (Å²) in [7, 11) is 1.34. The van der Waals surface area contributed by atoms with Crippen LogP contribution in [0.15, 0.2) is 11.6 Å². The van der Waals surface area contributed by atoms with Gasteiger partial charge in [-0.1, -0.05) is 12.0 Å². The van der Waals surface area contributed by atoms with E-state index in [9.17, 15) is 4.79 Å². The molecule has 14 heavy (non-hydrogen) atoms. The Morgan fingerprint density at radius 2 is 2.36 bits per heavy atom. The number of methoxy groups -OCH3 is 1. The Bertz CT molecular complexity index is 318. The molecule has 0 saturated heterocycles. The predicted octanol–water partition coefficient (Wildman–Crippen LogP) is 2.00. The number of carbonyl (C=O) groups is 1. The molecule has 0 radical (unpaired) electrons. The van der Waals surface area contributed by atoms with Gasteiger partial charge in [-0.2, -0.15) is 11.8 Å². The van der Waals surface area contributed by atoms with E-state index in [4.69, 9.17) is 0 Å². The summed E-state index contributed by atoms with van der Waals surface area (Å²) < 4.78 is 4.59. The van der Waals surface area contributed by atoms with Gasteiger partial charge in [0.25, 0.3) is 0 Å². The number of allylic oxidation sites excluding steroid dienone is 1. The van der Waals surface area contributed by atoms with Crippen molar-refractivity contribution < 1.29 is 9.53 Å². The zero-order chi connectivity index (χ0) is 10.6. The fraction of sp³-hybridized carbons (Fsp3) is 0.545. The molecule has 1 aliphatic rings. The molecule has 0 N–H and O–H groups in total. The summed E-state index contributed by atoms with van der Waals surface area (Å²) in [4.78, 5) is 10.8. The van der Waals surface area contributed by atoms with Gasteiger partial charge in [0.05, 0.1) is 7.11 Å². The van der Waals surface area contributed by atoms with Crippen LogP contribution in [0.2, 0.25) is 0 Å². The summed E-state index contributed by atoms with van der Waals surface area (Å²) in [5.41, 5.74) is 1.04. The molecule has 0 bridgehead atoms. The lowest BCUT2D eigenvalue weighted by atomic mass is 10.1. The monoisotopic (exact) mass is 210 g/mol. The van der Waals surface area contributed by atoms with Gasteiger partial charge in [0, 0.05) is 16.2 Å². The third-order valence-corrected chi connectivity index (χ3v) is 3.15. The van der Waals surface area contributed by atoms with Gasteiger partial charge < -0.3 is 4.74 Å². The first-order valence-corrected chi connectivity index (χ1v) is 5.48. The Labute approximate surface area is 89.1 Å². The fourth-order valence-corrected chi connectivity index (χ4v) is 2.31. The van der Waals surface area contributed by atoms with Crippen LogP contribution in [-0.4, -0.2) is 23.6 Å². The van der Waals surface area contributed by atoms with Crippen molar-refractivity contribution in [2.45, 2.75) is 25.0 Å². The molecule has 0 atom stereocenters. The summed E-state index contributed by atoms with van der Waals surface area (Å²) in [5.74, 6) is 5.90. The van der Waals surface area contributed by atoms with Crippen LogP contribution in [-0.2, 0) is 9.53 Å². The lowest BCUT2D eigenvalue weighted by molar-refractivity contribution is -0.133. The Hall–Kier alpha value is -0.880. The Morgan fingerprint density at radius 3 is 2.93 bits per heavy atom. The van der Waals surface area contributed by atoms with Crippen molar-refractivity contribution in [2.75, 3.05) is 12.9 Å². The van der Waals surface area contributed by atoms with Crippen LogP contribution in [0.1, 0.15) is 20.3 Å². The van der Waals surface area contributed by atoms with Crippen LogP contribution in [0.25, 0.3) is 0 Å². The smallest absolute Gasteiger partial charge is 0.384 e. The molecule has 0 amide bonds. The summed E-state index contributed by atoms with van der Waals surface area (Å²) in [5, 5.41) is 0. The molecule has 1 rings (SSSR count). The standard InChI is InChI=1S/C11H14O2S/c1-11(2)8-9(6-7-14-11)4-5-10(12)13-3/h8H,6-7H2,1-3H3. The second-order valence-corrected chi connectivity index (χ2v) is 5.36. The maximum atomic E-state index is 10.8. The van der Waals surface area contributed by atoms with Crippen molar-refractivity contribution in [1.82, 2.24) is 0 Å². The molecule has 0 aliphatic carbocycles. The highest BCUT2D eigenvalue weighted by atomic mass is 32.2. The molecular formula is C11H14O2S. The van der Waals surface area contributed by atoms with E-state index in [1.807, 2.05) is 11.8 Å². The maximum Gasteiger partial charge on any atom is 0.384 e. The number of ether oxygens (including phenoxy) is 1. The van der Waals surface area contributed by atoms with E-state index >= 15 is 0 Å². The number of hydrogen-bond acceptors (Lipinski definition) is 3. The zero-order valence-electron chi connectivity index (χ0n) is 8.72. The van der Waals surface area contributed by atoms with E-state index in [-0.39, 0.29) is 4.75 Å². The second kappa shape index (κ2) is 4.56. The first-order valence-electron chi connectivity index (χ1n) is 4.49. The number of rotatable bonds is 0. The van der Waals surface area contributed by atoms with Gasteiger partial charge >= 0.3 is 5.97 Å². The van der Waals surface area contributed by atoms with E-state index in [1.165, 1.54) is 7.11 Å². The minimum absolute atomic E-state index is 0.137. The van der Waals surface area contributed by atoms with E-state index < -0.39 is 5.97 Å². The molecule has 76 valence electrons. The lowest BCUT2D eigenvalue weighted by Gasteiger charge is -2.24. The van der Waals surface area contributed by atoms with Crippen LogP contribution >= 0.6 is 11.8 Å². The van der Waals surface area contributed by atoms with Crippen molar-refractivity contribution in [1.29, 1.82) is 0 Å². The molecule has 0 unspecified atom stereocenters. The molecular weight excluding hydrogens is 196 g/mol. The highest BCUT2D eigenvalue weighted by Gasteiger charge is 2.19. The average molecular weight is 210 g/mol. The zero-order valence-corrected chi connectivity index (χ0v) is 9.53. The van der Waals surface area contributed by atoms with Crippen LogP contribution in [0.4, 0.5) is 0 Å². The molecule has 0 spiro atoms. The molecule has 0 aromatic rings. The van der Waals surface area contributed by atoms with Gasteiger partial charge in [0.2, 0.25) is 0 Å². The lowest BCUT2D eigenvalue weighted by Crippen LogP contribution is -2.16. The molecule has 0 saturated carbocycles. The minimum Gasteiger partial charge on any atom is -0.459 e. The highest BCUT2D eigenvalue weighted by molar-refractivity contribution is 8.00. The van der Waals surface area contributed by atoms with Gasteiger partial charge in [-0.05, 0) is 26.0 Å². The average Bonchev–Trinajstić information content (AvgIpc) is 2.12. The fourth-order valence-electron chi connectivity index (χ4n) is 1.24. The molecule has 1 aliphatic heterocycles. The first-order chi connectivity index (χ1) is 6.53. The number of hydrogen-bond donors (Lipinski definition) is 0. The molecule has 3 heteroatoms. The van der Waals surface area contributed by atoms with Crippen molar-refractivity contribution in [3.8, 4) is 11.8 Å². The van der Waals surface area contributed by atoms with Gasteiger partial charge in [-0.15, -0.1) is 0 Å². The largest absolute Gasteiger partial charge is 0.459 e. The summed E-state index contributed by atoms with van der Waals surface area (Å²) >= 11 is 1.90. The van der Waals surface area contributed by atoms with E-state index in [0.29, 0.717) is 0 Å². The number of esters is 1. The third-order valence-electron chi connectivity index (χ3n) is 1.88. The molecule has 2 nitrogen and oxygen atoms in total. The molecule has 0 fully saturated rings. The van der Waals surface area contributed by atoms with Crippen molar-refractivity contribution in [3.63, 3.8) is 0 Å². The van der Waals surface area contributed by atoms with Crippen molar-refractivity contribution in [2.24, 2.45) is 0 Å². The third kappa shape index (κ3) is 3.47. The van der Waals surface area contributed by atoms with Crippen LogP contribution in [0, 0.1) is 11.8 Å². The van der Waals surface area contributed by atoms with E-state index in [2.05, 4.69) is 36.5 Å². The second-order valence-electron chi connectivity index (χ2n) is 3.61. The molecule has 0 aromatic heterocycles. The summed E-state index contributed by atoms with van der Waals surface area (Å²) in [6.45, 7) is 4.30. The van der Waals surface area contributed by atoms with E-state index in [0.717, 1.165) is 17.7 Å². The summed E-state index contributed by atoms with van der Waals surface area (Å²) in [6, 6.07) is 0. The van der Waals surface area contributed by atoms with Crippen LogP contribution < -0.4 is 0 Å². The van der Waals surface area contributed by atoms with Gasteiger partial charge in [-0.25, -0.2) is 4.79 Å². The SMILES string of the molecule is COC(=O)C#CC1=CC(C)(C)SCC1. The topological polar surface area (TPSA) is 26.3 Å². The van der Waals surface area contributed by atoms with Crippen LogP contribution in [0.3, 0.4) is 0 Å². The molecule has 0 aromatic carbocycles. The Balaban J connectivity index is 2.73. The van der Waals surface area contributed by atoms with Crippen molar-refractivity contribution in [3.05, 3.63) is 11.6 Å². The van der Waals surface area contributed by atoms with Gasteiger partial charge in [0.1, 0.15) is 0 Å². The number of carbonyl (C=O) groups excluding carboxylic acids is 1. The minimum atomic E-state index is -0.470. The normalized spacial score (nSPS) is 18.9. The predicted molar refractivity (Wildman–Crippen MR) is 59.0 cm³/mol. The first kappa shape index (κ1) is 11.2. The van der Waals surface area contributed by atoms with Crippen molar-refractivity contribution >= 4 is 17.7 Å². The van der Waals surface area contributed by atoms with Crippen LogP contribution in [0.5, 0.6) is 0 Å². The Morgan fingerprint density at radius 1 is 1.64 bits per heavy atom. The number of thioether (sulfide) groups is 1. The van der Waals surface area contributed by atoms with Gasteiger partial charge in [0.15, 0.2) is 0 Å². The quantitative estimate of drug-likeness (QED) is 0.347. The summed E-state index contributed by atoms with van der Waals surface area (Å²) in [6.07, 6.45) is 3.06. The highest BCUT2D eigenvalue weighted by Crippen LogP contribution is 2.33. The van der Waals surface area contributed by atoms with Gasteiger partial charge in [-0.3, -0.25) is 0 Å². The Kier molecular flexibility index (Phi) is 3.65. The van der Waals surface area contributed by atoms with E-state index in [1.54, 1.807) is 0 Å².